The molecule has 23 heavy (non-hydrogen) atoms. The molecule has 1 amide bonds. The monoisotopic (exact) mass is 333 g/mol. The molecular formula is C17H16ClNO4. The number of benzene rings is 2. The van der Waals surface area contributed by atoms with Gasteiger partial charge < -0.3 is 15.2 Å². The SMILES string of the molecule is O=C(N[C@@H](Cc1ccccc1)C(=O)O)OCc1cccc(Cl)c1. The molecule has 0 aliphatic heterocycles. The van der Waals surface area contributed by atoms with Crippen molar-refractivity contribution in [3.05, 3.63) is 70.7 Å². The fourth-order valence-electron chi connectivity index (χ4n) is 2.01. The van der Waals surface area contributed by atoms with E-state index in [2.05, 4.69) is 5.32 Å². The van der Waals surface area contributed by atoms with Gasteiger partial charge in [-0.05, 0) is 23.3 Å². The molecule has 2 aromatic carbocycles. The van der Waals surface area contributed by atoms with Crippen LogP contribution in [-0.2, 0) is 22.6 Å². The predicted molar refractivity (Wildman–Crippen MR) is 86.3 cm³/mol. The minimum absolute atomic E-state index is 0.0179. The van der Waals surface area contributed by atoms with E-state index in [1.165, 1.54) is 0 Å². The summed E-state index contributed by atoms with van der Waals surface area (Å²) in [6.07, 6.45) is -0.601. The molecule has 2 rings (SSSR count). The first-order chi connectivity index (χ1) is 11.0. The lowest BCUT2D eigenvalue weighted by atomic mass is 10.1. The molecule has 0 radical (unpaired) electrons. The van der Waals surface area contributed by atoms with E-state index in [1.54, 1.807) is 36.4 Å². The van der Waals surface area contributed by atoms with Gasteiger partial charge in [0.25, 0.3) is 0 Å². The Kier molecular flexibility index (Phi) is 6.00. The van der Waals surface area contributed by atoms with Crippen LogP contribution in [0.4, 0.5) is 4.79 Å². The number of carbonyl (C=O) groups excluding carboxylic acids is 1. The maximum atomic E-state index is 11.8. The van der Waals surface area contributed by atoms with E-state index >= 15 is 0 Å². The summed E-state index contributed by atoms with van der Waals surface area (Å²) in [5.41, 5.74) is 1.54. The maximum absolute atomic E-state index is 11.8. The van der Waals surface area contributed by atoms with Crippen LogP contribution in [0.1, 0.15) is 11.1 Å². The summed E-state index contributed by atoms with van der Waals surface area (Å²) < 4.78 is 5.03. The van der Waals surface area contributed by atoms with E-state index in [1.807, 2.05) is 18.2 Å². The second-order valence-electron chi connectivity index (χ2n) is 4.93. The van der Waals surface area contributed by atoms with Crippen molar-refractivity contribution in [2.24, 2.45) is 0 Å². The average molecular weight is 334 g/mol. The van der Waals surface area contributed by atoms with Gasteiger partial charge in [0.1, 0.15) is 12.6 Å². The maximum Gasteiger partial charge on any atom is 0.408 e. The Morgan fingerprint density at radius 3 is 2.43 bits per heavy atom. The van der Waals surface area contributed by atoms with E-state index in [9.17, 15) is 14.7 Å². The highest BCUT2D eigenvalue weighted by atomic mass is 35.5. The number of carboxylic acid groups (broad SMARTS) is 1. The molecular weight excluding hydrogens is 318 g/mol. The molecule has 0 unspecified atom stereocenters. The van der Waals surface area contributed by atoms with Crippen LogP contribution < -0.4 is 5.32 Å². The van der Waals surface area contributed by atoms with Crippen LogP contribution in [-0.4, -0.2) is 23.2 Å². The summed E-state index contributed by atoms with van der Waals surface area (Å²) in [4.78, 5) is 23.0. The van der Waals surface area contributed by atoms with Crippen molar-refractivity contribution in [1.29, 1.82) is 0 Å². The normalized spacial score (nSPS) is 11.5. The first kappa shape index (κ1) is 16.8. The van der Waals surface area contributed by atoms with Crippen LogP contribution in [0.5, 0.6) is 0 Å². The number of rotatable bonds is 6. The largest absolute Gasteiger partial charge is 0.480 e. The van der Waals surface area contributed by atoms with Gasteiger partial charge in [0.15, 0.2) is 0 Å². The van der Waals surface area contributed by atoms with Crippen LogP contribution in [0, 0.1) is 0 Å². The second kappa shape index (κ2) is 8.19. The Hall–Kier alpha value is -2.53. The quantitative estimate of drug-likeness (QED) is 0.850. The highest BCUT2D eigenvalue weighted by Gasteiger charge is 2.21. The molecule has 0 spiro atoms. The minimum atomic E-state index is -1.12. The van der Waals surface area contributed by atoms with E-state index < -0.39 is 18.1 Å². The summed E-state index contributed by atoms with van der Waals surface area (Å²) in [6, 6.07) is 14.9. The standard InChI is InChI=1S/C17H16ClNO4/c18-14-8-4-7-13(9-14)11-23-17(22)19-15(16(20)21)10-12-5-2-1-3-6-12/h1-9,15H,10-11H2,(H,19,22)(H,20,21)/t15-/m0/s1. The highest BCUT2D eigenvalue weighted by molar-refractivity contribution is 6.30. The topological polar surface area (TPSA) is 75.6 Å². The van der Waals surface area contributed by atoms with Crippen molar-refractivity contribution in [3.8, 4) is 0 Å². The van der Waals surface area contributed by atoms with Gasteiger partial charge in [-0.25, -0.2) is 9.59 Å². The lowest BCUT2D eigenvalue weighted by Crippen LogP contribution is -2.42. The molecule has 0 aromatic heterocycles. The van der Waals surface area contributed by atoms with Crippen molar-refractivity contribution in [1.82, 2.24) is 5.32 Å². The van der Waals surface area contributed by atoms with Gasteiger partial charge in [-0.3, -0.25) is 0 Å². The summed E-state index contributed by atoms with van der Waals surface area (Å²) in [5, 5.41) is 12.1. The van der Waals surface area contributed by atoms with Gasteiger partial charge in [-0.1, -0.05) is 54.1 Å². The fraction of sp³-hybridized carbons (Fsp3) is 0.176. The number of nitrogens with one attached hydrogen (secondary N) is 1. The summed E-state index contributed by atoms with van der Waals surface area (Å²) in [5.74, 6) is -1.12. The lowest BCUT2D eigenvalue weighted by molar-refractivity contribution is -0.139. The Balaban J connectivity index is 1.89. The first-order valence-electron chi connectivity index (χ1n) is 6.99. The number of alkyl carbamates (subject to hydrolysis) is 1. The van der Waals surface area contributed by atoms with Crippen LogP contribution in [0.3, 0.4) is 0 Å². The average Bonchev–Trinajstić information content (AvgIpc) is 2.53. The number of halogens is 1. The number of aliphatic carboxylic acids is 1. The van der Waals surface area contributed by atoms with Crippen LogP contribution in [0.15, 0.2) is 54.6 Å². The zero-order chi connectivity index (χ0) is 16.7. The van der Waals surface area contributed by atoms with Crippen molar-refractivity contribution >= 4 is 23.7 Å². The second-order valence-corrected chi connectivity index (χ2v) is 5.37. The van der Waals surface area contributed by atoms with Crippen molar-refractivity contribution in [2.45, 2.75) is 19.1 Å². The molecule has 2 N–H and O–H groups in total. The molecule has 120 valence electrons. The molecule has 0 aliphatic rings. The Labute approximate surface area is 138 Å². The van der Waals surface area contributed by atoms with Gasteiger partial charge in [-0.15, -0.1) is 0 Å². The lowest BCUT2D eigenvalue weighted by Gasteiger charge is -2.14. The van der Waals surface area contributed by atoms with Gasteiger partial charge in [-0.2, -0.15) is 0 Å². The van der Waals surface area contributed by atoms with Crippen LogP contribution >= 0.6 is 11.6 Å². The van der Waals surface area contributed by atoms with E-state index in [4.69, 9.17) is 16.3 Å². The minimum Gasteiger partial charge on any atom is -0.480 e. The number of amides is 1. The number of carboxylic acids is 1. The van der Waals surface area contributed by atoms with Crippen molar-refractivity contribution in [2.75, 3.05) is 0 Å². The number of ether oxygens (including phenoxy) is 1. The highest BCUT2D eigenvalue weighted by Crippen LogP contribution is 2.11. The fourth-order valence-corrected chi connectivity index (χ4v) is 2.22. The molecule has 0 aliphatic carbocycles. The van der Waals surface area contributed by atoms with Crippen LogP contribution in [0.25, 0.3) is 0 Å². The molecule has 5 nitrogen and oxygen atoms in total. The van der Waals surface area contributed by atoms with Gasteiger partial charge in [0.2, 0.25) is 0 Å². The molecule has 1 atom stereocenters. The third-order valence-corrected chi connectivity index (χ3v) is 3.37. The molecule has 0 heterocycles. The summed E-state index contributed by atoms with van der Waals surface area (Å²) in [7, 11) is 0. The number of hydrogen-bond acceptors (Lipinski definition) is 3. The Morgan fingerprint density at radius 2 is 1.78 bits per heavy atom. The number of carbonyl (C=O) groups is 2. The molecule has 2 aromatic rings. The van der Waals surface area contributed by atoms with E-state index in [0.29, 0.717) is 5.02 Å². The first-order valence-corrected chi connectivity index (χ1v) is 7.37. The smallest absolute Gasteiger partial charge is 0.408 e. The van der Waals surface area contributed by atoms with Gasteiger partial charge in [0, 0.05) is 11.4 Å². The molecule has 0 bridgehead atoms. The summed E-state index contributed by atoms with van der Waals surface area (Å²) >= 11 is 5.84. The van der Waals surface area contributed by atoms with E-state index in [0.717, 1.165) is 11.1 Å². The Bertz CT molecular complexity index is 675. The third-order valence-electron chi connectivity index (χ3n) is 3.13. The third kappa shape index (κ3) is 5.64. The molecule has 6 heteroatoms. The molecule has 0 saturated heterocycles. The molecule has 0 saturated carbocycles. The zero-order valence-corrected chi connectivity index (χ0v) is 13.0. The van der Waals surface area contributed by atoms with E-state index in [-0.39, 0.29) is 13.0 Å². The number of hydrogen-bond donors (Lipinski definition) is 2. The zero-order valence-electron chi connectivity index (χ0n) is 12.2. The summed E-state index contributed by atoms with van der Waals surface area (Å²) in [6.45, 7) is 0.0179. The van der Waals surface area contributed by atoms with Crippen molar-refractivity contribution < 1.29 is 19.4 Å². The van der Waals surface area contributed by atoms with Gasteiger partial charge in [0.05, 0.1) is 0 Å². The molecule has 0 fully saturated rings. The van der Waals surface area contributed by atoms with Crippen LogP contribution in [0.2, 0.25) is 5.02 Å². The Morgan fingerprint density at radius 1 is 1.09 bits per heavy atom. The predicted octanol–water partition coefficient (Wildman–Crippen LogP) is 3.26. The van der Waals surface area contributed by atoms with Gasteiger partial charge >= 0.3 is 12.1 Å². The van der Waals surface area contributed by atoms with Crippen molar-refractivity contribution in [3.63, 3.8) is 0 Å².